The second kappa shape index (κ2) is 10.0. The van der Waals surface area contributed by atoms with Crippen LogP contribution in [0, 0.1) is 6.92 Å². The van der Waals surface area contributed by atoms with Crippen LogP contribution in [0.3, 0.4) is 0 Å². The summed E-state index contributed by atoms with van der Waals surface area (Å²) in [7, 11) is 0. The van der Waals surface area contributed by atoms with E-state index in [0.29, 0.717) is 21.7 Å². The van der Waals surface area contributed by atoms with Crippen LogP contribution in [0.2, 0.25) is 0 Å². The summed E-state index contributed by atoms with van der Waals surface area (Å²) in [5.41, 5.74) is 1.94. The minimum atomic E-state index is -3.02. The summed E-state index contributed by atoms with van der Waals surface area (Å²) in [6, 6.07) is 20.4. The van der Waals surface area contributed by atoms with Crippen molar-refractivity contribution in [2.45, 2.75) is 30.9 Å². The summed E-state index contributed by atoms with van der Waals surface area (Å²) < 4.78 is 31.4. The van der Waals surface area contributed by atoms with Crippen molar-refractivity contribution in [3.05, 3.63) is 88.7 Å². The van der Waals surface area contributed by atoms with Gasteiger partial charge in [-0.3, -0.25) is 14.2 Å². The van der Waals surface area contributed by atoms with Crippen molar-refractivity contribution >= 4 is 34.3 Å². The zero-order valence-electron chi connectivity index (χ0n) is 18.4. The molecule has 0 aliphatic carbocycles. The Morgan fingerprint density at radius 2 is 1.71 bits per heavy atom. The van der Waals surface area contributed by atoms with Crippen LogP contribution in [0.1, 0.15) is 12.5 Å². The lowest BCUT2D eigenvalue weighted by Crippen LogP contribution is -2.26. The molecule has 1 aromatic heterocycles. The van der Waals surface area contributed by atoms with Gasteiger partial charge in [0.15, 0.2) is 5.16 Å². The Bertz CT molecular complexity index is 1410. The number of para-hydroxylation sites is 4. The molecule has 1 N–H and O–H groups in total. The summed E-state index contributed by atoms with van der Waals surface area (Å²) in [5.74, 6) is -0.585. The lowest BCUT2D eigenvalue weighted by atomic mass is 10.2. The van der Waals surface area contributed by atoms with Crippen molar-refractivity contribution in [3.8, 4) is 11.4 Å². The normalized spacial score (nSPS) is 12.0. The molecular weight excluding hydrogens is 460 g/mol. The van der Waals surface area contributed by atoms with E-state index < -0.39 is 17.8 Å². The fraction of sp³-hybridized carbons (Fsp3) is 0.160. The van der Waals surface area contributed by atoms with Crippen molar-refractivity contribution in [2.24, 2.45) is 0 Å². The minimum Gasteiger partial charge on any atom is -0.433 e. The Morgan fingerprint density at radius 3 is 2.47 bits per heavy atom. The molecule has 174 valence electrons. The highest BCUT2D eigenvalue weighted by Crippen LogP contribution is 2.29. The Balaban J connectivity index is 1.69. The molecule has 9 heteroatoms. The molecule has 1 atom stereocenters. The lowest BCUT2D eigenvalue weighted by Gasteiger charge is -2.18. The first kappa shape index (κ1) is 23.4. The number of aryl methyl sites for hydroxylation is 1. The van der Waals surface area contributed by atoms with E-state index in [1.165, 1.54) is 22.8 Å². The molecule has 0 saturated heterocycles. The van der Waals surface area contributed by atoms with Gasteiger partial charge in [-0.2, -0.15) is 8.78 Å². The fourth-order valence-corrected chi connectivity index (χ4v) is 4.35. The number of ether oxygens (including phenoxy) is 1. The number of anilines is 1. The average molecular weight is 482 g/mol. The monoisotopic (exact) mass is 481 g/mol. The Morgan fingerprint density at radius 1 is 1.03 bits per heavy atom. The summed E-state index contributed by atoms with van der Waals surface area (Å²) >= 11 is 1.10. The van der Waals surface area contributed by atoms with Gasteiger partial charge in [0.1, 0.15) is 5.75 Å². The van der Waals surface area contributed by atoms with Crippen molar-refractivity contribution in [1.82, 2.24) is 9.55 Å². The highest BCUT2D eigenvalue weighted by Gasteiger charge is 2.22. The van der Waals surface area contributed by atoms with Crippen molar-refractivity contribution in [3.63, 3.8) is 0 Å². The van der Waals surface area contributed by atoms with E-state index >= 15 is 0 Å². The quantitative estimate of drug-likeness (QED) is 0.282. The molecule has 0 aliphatic rings. The Hall–Kier alpha value is -3.72. The number of thioether (sulfide) groups is 1. The van der Waals surface area contributed by atoms with Crippen LogP contribution in [-0.4, -0.2) is 27.3 Å². The van der Waals surface area contributed by atoms with E-state index in [1.54, 1.807) is 37.3 Å². The van der Waals surface area contributed by atoms with Crippen molar-refractivity contribution in [2.75, 3.05) is 5.32 Å². The van der Waals surface area contributed by atoms with Crippen LogP contribution < -0.4 is 15.6 Å². The van der Waals surface area contributed by atoms with Crippen LogP contribution in [0.25, 0.3) is 16.6 Å². The number of halogens is 2. The third kappa shape index (κ3) is 4.94. The summed E-state index contributed by atoms with van der Waals surface area (Å²) in [5, 5.41) is 2.73. The van der Waals surface area contributed by atoms with Crippen molar-refractivity contribution < 1.29 is 18.3 Å². The standard InChI is InChI=1S/C25H21F2N3O3S/c1-15-9-3-7-13-20(15)30-23(32)17-10-4-5-11-18(17)29-25(30)34-16(2)22(31)28-19-12-6-8-14-21(19)33-24(26)27/h3-14,16,24H,1-2H3,(H,28,31). The average Bonchev–Trinajstić information content (AvgIpc) is 2.81. The maximum Gasteiger partial charge on any atom is 0.387 e. The van der Waals surface area contributed by atoms with Crippen LogP contribution in [0.5, 0.6) is 5.75 Å². The van der Waals surface area contributed by atoms with E-state index in [2.05, 4.69) is 15.0 Å². The number of amides is 1. The number of fused-ring (bicyclic) bond motifs is 1. The molecule has 1 heterocycles. The predicted molar refractivity (Wildman–Crippen MR) is 129 cm³/mol. The van der Waals surface area contributed by atoms with Gasteiger partial charge in [-0.05, 0) is 49.7 Å². The van der Waals surface area contributed by atoms with Gasteiger partial charge in [-0.15, -0.1) is 0 Å². The first-order valence-electron chi connectivity index (χ1n) is 10.4. The summed E-state index contributed by atoms with van der Waals surface area (Å²) in [6.07, 6.45) is 0. The number of hydrogen-bond acceptors (Lipinski definition) is 5. The summed E-state index contributed by atoms with van der Waals surface area (Å²) in [6.45, 7) is 0.525. The number of alkyl halides is 2. The number of aromatic nitrogens is 2. The number of nitrogens with zero attached hydrogens (tertiary/aromatic N) is 2. The van der Waals surface area contributed by atoms with E-state index in [0.717, 1.165) is 17.3 Å². The molecule has 1 amide bonds. The number of nitrogens with one attached hydrogen (secondary N) is 1. The van der Waals surface area contributed by atoms with Crippen LogP contribution in [0.15, 0.2) is 82.7 Å². The van der Waals surface area contributed by atoms with Gasteiger partial charge >= 0.3 is 6.61 Å². The van der Waals surface area contributed by atoms with Gasteiger partial charge in [0.25, 0.3) is 5.56 Å². The maximum absolute atomic E-state index is 13.4. The topological polar surface area (TPSA) is 73.2 Å². The zero-order chi connectivity index (χ0) is 24.2. The maximum atomic E-state index is 13.4. The summed E-state index contributed by atoms with van der Waals surface area (Å²) in [4.78, 5) is 31.0. The highest BCUT2D eigenvalue weighted by molar-refractivity contribution is 8.00. The SMILES string of the molecule is Cc1ccccc1-n1c(SC(C)C(=O)Nc2ccccc2OC(F)F)nc2ccccc2c1=O. The molecule has 0 aliphatic heterocycles. The van der Waals surface area contributed by atoms with Crippen molar-refractivity contribution in [1.29, 1.82) is 0 Å². The predicted octanol–water partition coefficient (Wildman–Crippen LogP) is 5.41. The molecule has 0 fully saturated rings. The van der Waals surface area contributed by atoms with Gasteiger partial charge < -0.3 is 10.1 Å². The zero-order valence-corrected chi connectivity index (χ0v) is 19.2. The third-order valence-electron chi connectivity index (χ3n) is 5.11. The van der Waals surface area contributed by atoms with E-state index in [9.17, 15) is 18.4 Å². The number of carbonyl (C=O) groups excluding carboxylic acids is 1. The Labute approximate surface area is 198 Å². The van der Waals surface area contributed by atoms with Crippen LogP contribution in [0.4, 0.5) is 14.5 Å². The largest absolute Gasteiger partial charge is 0.433 e. The third-order valence-corrected chi connectivity index (χ3v) is 6.17. The molecule has 6 nitrogen and oxygen atoms in total. The highest BCUT2D eigenvalue weighted by atomic mass is 32.2. The first-order chi connectivity index (χ1) is 16.3. The second-order valence-electron chi connectivity index (χ2n) is 7.46. The molecule has 4 rings (SSSR count). The molecule has 0 spiro atoms. The van der Waals surface area contributed by atoms with E-state index in [4.69, 9.17) is 0 Å². The minimum absolute atomic E-state index is 0.128. The molecule has 1 unspecified atom stereocenters. The number of carbonyl (C=O) groups is 1. The number of rotatable bonds is 7. The molecule has 0 radical (unpaired) electrons. The van der Waals surface area contributed by atoms with Gasteiger partial charge in [0, 0.05) is 0 Å². The first-order valence-corrected chi connectivity index (χ1v) is 11.3. The second-order valence-corrected chi connectivity index (χ2v) is 8.77. The smallest absolute Gasteiger partial charge is 0.387 e. The molecule has 3 aromatic carbocycles. The molecule has 0 bridgehead atoms. The molecule has 34 heavy (non-hydrogen) atoms. The lowest BCUT2D eigenvalue weighted by molar-refractivity contribution is -0.115. The van der Waals surface area contributed by atoms with E-state index in [-0.39, 0.29) is 17.0 Å². The van der Waals surface area contributed by atoms with Crippen LogP contribution in [-0.2, 0) is 4.79 Å². The van der Waals surface area contributed by atoms with Gasteiger partial charge in [0.2, 0.25) is 5.91 Å². The van der Waals surface area contributed by atoms with E-state index in [1.807, 2.05) is 31.2 Å². The number of benzene rings is 3. The van der Waals surface area contributed by atoms with Crippen LogP contribution >= 0.6 is 11.8 Å². The fourth-order valence-electron chi connectivity index (χ4n) is 3.43. The molecule has 0 saturated carbocycles. The number of hydrogen-bond donors (Lipinski definition) is 1. The Kier molecular flexibility index (Phi) is 6.93. The van der Waals surface area contributed by atoms with Gasteiger partial charge in [0.05, 0.1) is 27.5 Å². The molecule has 4 aromatic rings. The van der Waals surface area contributed by atoms with Gasteiger partial charge in [-0.25, -0.2) is 4.98 Å². The van der Waals surface area contributed by atoms with Gasteiger partial charge in [-0.1, -0.05) is 54.2 Å². The molecular formula is C25H21F2N3O3S.